The van der Waals surface area contributed by atoms with Gasteiger partial charge in [0.25, 0.3) is 11.6 Å². The molecule has 5 aromatic rings. The van der Waals surface area contributed by atoms with Crippen molar-refractivity contribution in [3.8, 4) is 17.1 Å². The molecule has 1 unspecified atom stereocenters. The van der Waals surface area contributed by atoms with Gasteiger partial charge in [-0.3, -0.25) is 0 Å². The zero-order valence-electron chi connectivity index (χ0n) is 29.6. The van der Waals surface area contributed by atoms with E-state index in [2.05, 4.69) is 114 Å². The van der Waals surface area contributed by atoms with Gasteiger partial charge in [-0.15, -0.1) is 4.68 Å². The van der Waals surface area contributed by atoms with E-state index in [0.29, 0.717) is 29.8 Å². The molecule has 1 aromatic heterocycles. The lowest BCUT2D eigenvalue weighted by Gasteiger charge is -2.46. The molecule has 7 nitrogen and oxygen atoms in total. The fourth-order valence-corrected chi connectivity index (χ4v) is 7.35. The number of ether oxygens (including phenoxy) is 1. The number of aliphatic imine (C=N–C) groups is 1. The summed E-state index contributed by atoms with van der Waals surface area (Å²) in [5.41, 5.74) is 12.3. The smallest absolute Gasteiger partial charge is 0.267 e. The van der Waals surface area contributed by atoms with Gasteiger partial charge in [0, 0.05) is 35.3 Å². The molecule has 0 fully saturated rings. The normalized spacial score (nSPS) is 17.2. The minimum Gasteiger partial charge on any atom is -0.493 e. The van der Waals surface area contributed by atoms with E-state index in [9.17, 15) is 0 Å². The van der Waals surface area contributed by atoms with Crippen LogP contribution in [0.2, 0.25) is 0 Å². The lowest BCUT2D eigenvalue weighted by molar-refractivity contribution is 0.251. The second-order valence-corrected chi connectivity index (χ2v) is 14.2. The molecular formula is C42H42N6O. The minimum atomic E-state index is -0.0457. The van der Waals surface area contributed by atoms with Gasteiger partial charge in [0.15, 0.2) is 0 Å². The van der Waals surface area contributed by atoms with Crippen LogP contribution in [0.5, 0.6) is 5.75 Å². The number of anilines is 1. The average molecular weight is 647 g/mol. The molecule has 0 amide bonds. The van der Waals surface area contributed by atoms with Crippen LogP contribution in [-0.2, 0) is 0 Å². The van der Waals surface area contributed by atoms with E-state index in [1.807, 2.05) is 30.3 Å². The van der Waals surface area contributed by atoms with Crippen LogP contribution in [0.15, 0.2) is 83.9 Å². The number of nitrogens with zero attached hydrogens (tertiary/aromatic N) is 6. The van der Waals surface area contributed by atoms with Crippen molar-refractivity contribution in [1.29, 1.82) is 0 Å². The highest BCUT2D eigenvalue weighted by Crippen LogP contribution is 2.45. The number of aromatic nitrogens is 3. The Morgan fingerprint density at radius 3 is 2.33 bits per heavy atom. The quantitative estimate of drug-likeness (QED) is 0.172. The molecule has 0 bridgehead atoms. The Labute approximate surface area is 289 Å². The molecule has 0 aliphatic carbocycles. The third-order valence-electron chi connectivity index (χ3n) is 10.2. The summed E-state index contributed by atoms with van der Waals surface area (Å²) < 4.78 is 8.12. The molecule has 0 saturated carbocycles. The van der Waals surface area contributed by atoms with E-state index in [1.54, 1.807) is 4.68 Å². The minimum absolute atomic E-state index is 0.0457. The van der Waals surface area contributed by atoms with Crippen LogP contribution in [0.1, 0.15) is 71.0 Å². The molecular weight excluding hydrogens is 605 g/mol. The van der Waals surface area contributed by atoms with Crippen molar-refractivity contribution < 1.29 is 4.74 Å². The molecule has 7 heteroatoms. The summed E-state index contributed by atoms with van der Waals surface area (Å²) in [5, 5.41) is 4.93. The fraction of sp³-hybridized carbons (Fsp3) is 0.286. The SMILES string of the molecule is [C-]#[N+]C1=C(c2ccccc2)C(=Nc2ccc3c(c2)C(COc2ccc(C)c(C)c2)CC(C)(C)N3C)c2nc(-c3c(C)cc(C)cc3C)nn21. The first-order chi connectivity index (χ1) is 23.4. The van der Waals surface area contributed by atoms with Crippen LogP contribution < -0.4 is 9.64 Å². The second-order valence-electron chi connectivity index (χ2n) is 14.2. The monoisotopic (exact) mass is 646 g/mol. The topological polar surface area (TPSA) is 59.9 Å². The Morgan fingerprint density at radius 1 is 0.898 bits per heavy atom. The largest absolute Gasteiger partial charge is 0.493 e. The van der Waals surface area contributed by atoms with E-state index in [1.165, 1.54) is 27.9 Å². The summed E-state index contributed by atoms with van der Waals surface area (Å²) in [7, 11) is 2.17. The molecule has 0 radical (unpaired) electrons. The maximum Gasteiger partial charge on any atom is 0.267 e. The first-order valence-corrected chi connectivity index (χ1v) is 16.8. The molecule has 49 heavy (non-hydrogen) atoms. The van der Waals surface area contributed by atoms with Gasteiger partial charge in [0.1, 0.15) is 11.5 Å². The highest BCUT2D eigenvalue weighted by Gasteiger charge is 2.38. The Balaban J connectivity index is 1.35. The molecule has 0 N–H and O–H groups in total. The first kappa shape index (κ1) is 32.1. The van der Waals surface area contributed by atoms with Gasteiger partial charge in [-0.1, -0.05) is 65.8 Å². The standard InChI is InChI=1S/C42H42N6O/c1-25-19-28(4)36(29(5)20-25)39-45-41-38(37(30-13-11-10-12-14-30)40(43-8)48(41)46-39)44-32-16-18-35-34(22-32)31(23-42(6,7)47(35)9)24-49-33-17-15-26(2)27(3)21-33/h10-22,31H,23-24H2,1-7,9H3. The van der Waals surface area contributed by atoms with E-state index >= 15 is 0 Å². The van der Waals surface area contributed by atoms with Gasteiger partial charge in [0.2, 0.25) is 5.82 Å². The van der Waals surface area contributed by atoms with Gasteiger partial charge in [-0.2, -0.15) is 4.98 Å². The van der Waals surface area contributed by atoms with E-state index in [-0.39, 0.29) is 11.5 Å². The zero-order valence-corrected chi connectivity index (χ0v) is 29.6. The third-order valence-corrected chi connectivity index (χ3v) is 10.2. The highest BCUT2D eigenvalue weighted by molar-refractivity contribution is 6.38. The van der Waals surface area contributed by atoms with Crippen LogP contribution >= 0.6 is 0 Å². The van der Waals surface area contributed by atoms with E-state index in [4.69, 9.17) is 26.4 Å². The second kappa shape index (κ2) is 12.2. The molecule has 0 saturated heterocycles. The summed E-state index contributed by atoms with van der Waals surface area (Å²) in [4.78, 5) is 16.7. The van der Waals surface area contributed by atoms with Gasteiger partial charge >= 0.3 is 0 Å². The van der Waals surface area contributed by atoms with Crippen molar-refractivity contribution in [3.63, 3.8) is 0 Å². The number of benzene rings is 4. The molecule has 3 heterocycles. The van der Waals surface area contributed by atoms with Crippen molar-refractivity contribution >= 4 is 28.5 Å². The Kier molecular flexibility index (Phi) is 7.99. The Morgan fingerprint density at radius 2 is 1.63 bits per heavy atom. The maximum absolute atomic E-state index is 8.26. The third kappa shape index (κ3) is 5.72. The summed E-state index contributed by atoms with van der Waals surface area (Å²) in [6, 6.07) is 27.0. The lowest BCUT2D eigenvalue weighted by Crippen LogP contribution is -2.46. The first-order valence-electron chi connectivity index (χ1n) is 16.8. The highest BCUT2D eigenvalue weighted by atomic mass is 16.5. The van der Waals surface area contributed by atoms with Crippen molar-refractivity contribution in [2.24, 2.45) is 4.99 Å². The summed E-state index contributed by atoms with van der Waals surface area (Å²) in [5.74, 6) is 2.63. The molecule has 0 spiro atoms. The molecule has 246 valence electrons. The predicted octanol–water partition coefficient (Wildman–Crippen LogP) is 9.65. The fourth-order valence-electron chi connectivity index (χ4n) is 7.35. The number of allylic oxidation sites excluding steroid dienone is 1. The number of hydrogen-bond donors (Lipinski definition) is 0. The average Bonchev–Trinajstić information content (AvgIpc) is 3.60. The van der Waals surface area contributed by atoms with Gasteiger partial charge in [-0.25, -0.2) is 4.99 Å². The Bertz CT molecular complexity index is 2190. The number of rotatable bonds is 6. The number of hydrogen-bond acceptors (Lipinski definition) is 5. The van der Waals surface area contributed by atoms with Gasteiger partial charge < -0.3 is 14.5 Å². The van der Waals surface area contributed by atoms with Crippen molar-refractivity contribution in [1.82, 2.24) is 14.8 Å². The maximum atomic E-state index is 8.26. The lowest BCUT2D eigenvalue weighted by atomic mass is 9.79. The van der Waals surface area contributed by atoms with Crippen LogP contribution in [0.25, 0.3) is 27.6 Å². The number of fused-ring (bicyclic) bond motifs is 2. The Hall–Kier alpha value is -5.48. The predicted molar refractivity (Wildman–Crippen MR) is 200 cm³/mol. The zero-order chi connectivity index (χ0) is 34.6. The summed E-state index contributed by atoms with van der Waals surface area (Å²) in [6.45, 7) is 23.9. The van der Waals surface area contributed by atoms with Crippen LogP contribution in [0.4, 0.5) is 11.4 Å². The van der Waals surface area contributed by atoms with Crippen molar-refractivity contribution in [2.45, 2.75) is 66.3 Å². The number of aryl methyl sites for hydroxylation is 5. The molecule has 1 atom stereocenters. The van der Waals surface area contributed by atoms with Crippen LogP contribution in [0, 0.1) is 41.2 Å². The molecule has 4 aromatic carbocycles. The summed E-state index contributed by atoms with van der Waals surface area (Å²) in [6.07, 6.45) is 0.936. The van der Waals surface area contributed by atoms with Crippen LogP contribution in [-0.4, -0.2) is 39.7 Å². The molecule has 2 aliphatic rings. The van der Waals surface area contributed by atoms with E-state index in [0.717, 1.165) is 45.7 Å². The van der Waals surface area contributed by atoms with Gasteiger partial charge in [-0.05, 0) is 119 Å². The summed E-state index contributed by atoms with van der Waals surface area (Å²) >= 11 is 0. The molecule has 7 rings (SSSR count). The van der Waals surface area contributed by atoms with Crippen LogP contribution in [0.3, 0.4) is 0 Å². The molecule has 2 aliphatic heterocycles. The van der Waals surface area contributed by atoms with Gasteiger partial charge in [0.05, 0.1) is 12.3 Å². The van der Waals surface area contributed by atoms with Crippen molar-refractivity contribution in [2.75, 3.05) is 18.6 Å². The van der Waals surface area contributed by atoms with Crippen molar-refractivity contribution in [3.05, 3.63) is 135 Å². The van der Waals surface area contributed by atoms with E-state index < -0.39 is 0 Å².